The van der Waals surface area contributed by atoms with Gasteiger partial charge in [0.2, 0.25) is 4.80 Å². The molecule has 2 aromatic carbocycles. The monoisotopic (exact) mass is 385 g/mol. The van der Waals surface area contributed by atoms with Gasteiger partial charge in [-0.1, -0.05) is 72.0 Å². The zero-order valence-corrected chi connectivity index (χ0v) is 15.5. The molecule has 0 saturated carbocycles. The van der Waals surface area contributed by atoms with Crippen molar-refractivity contribution in [3.63, 3.8) is 0 Å². The van der Waals surface area contributed by atoms with E-state index in [0.717, 1.165) is 16.8 Å². The Morgan fingerprint density at radius 2 is 1.68 bits per heavy atom. The molecule has 5 rings (SSSR count). The van der Waals surface area contributed by atoms with Crippen molar-refractivity contribution < 1.29 is 4.42 Å². The van der Waals surface area contributed by atoms with Gasteiger partial charge in [-0.3, -0.25) is 9.36 Å². The zero-order valence-electron chi connectivity index (χ0n) is 14.7. The van der Waals surface area contributed by atoms with Crippen molar-refractivity contribution in [1.82, 2.24) is 4.57 Å². The van der Waals surface area contributed by atoms with E-state index in [0.29, 0.717) is 15.1 Å². The van der Waals surface area contributed by atoms with Gasteiger partial charge in [-0.15, -0.1) is 10.2 Å². The topological polar surface area (TPSA) is 59.9 Å². The molecule has 0 spiro atoms. The summed E-state index contributed by atoms with van der Waals surface area (Å²) in [6.45, 7) is 0. The molecule has 5 nitrogen and oxygen atoms in total. The largest absolute Gasteiger partial charge is 0.465 e. The highest BCUT2D eigenvalue weighted by atomic mass is 32.1. The fraction of sp³-hybridized carbons (Fsp3) is 0.0455. The minimum absolute atomic E-state index is 0.0997. The van der Waals surface area contributed by atoms with Crippen molar-refractivity contribution in [2.75, 3.05) is 0 Å². The second-order valence-corrected chi connectivity index (χ2v) is 7.36. The second kappa shape index (κ2) is 6.90. The number of thiazole rings is 1. The van der Waals surface area contributed by atoms with Gasteiger partial charge < -0.3 is 4.42 Å². The van der Waals surface area contributed by atoms with Crippen molar-refractivity contribution in [2.45, 2.75) is 6.04 Å². The first kappa shape index (κ1) is 16.6. The highest BCUT2D eigenvalue weighted by Crippen LogP contribution is 2.23. The summed E-state index contributed by atoms with van der Waals surface area (Å²) in [4.78, 5) is 13.9. The van der Waals surface area contributed by atoms with Crippen LogP contribution in [0.4, 0.5) is 0 Å². The third-order valence-electron chi connectivity index (χ3n) is 4.60. The van der Waals surface area contributed by atoms with Crippen molar-refractivity contribution >= 4 is 23.1 Å². The lowest BCUT2D eigenvalue weighted by Gasteiger charge is -2.22. The van der Waals surface area contributed by atoms with Gasteiger partial charge in [-0.25, -0.2) is 0 Å². The molecule has 1 atom stereocenters. The maximum absolute atomic E-state index is 13.3. The molecule has 1 unspecified atom stereocenters. The summed E-state index contributed by atoms with van der Waals surface area (Å²) in [5.41, 5.74) is 2.59. The van der Waals surface area contributed by atoms with Crippen LogP contribution in [-0.2, 0) is 0 Å². The number of aromatic nitrogens is 1. The Labute approximate surface area is 164 Å². The molecule has 1 aliphatic heterocycles. The Balaban J connectivity index is 1.75. The van der Waals surface area contributed by atoms with Crippen LogP contribution in [0.5, 0.6) is 0 Å². The van der Waals surface area contributed by atoms with Gasteiger partial charge >= 0.3 is 0 Å². The quantitative estimate of drug-likeness (QED) is 0.544. The summed E-state index contributed by atoms with van der Waals surface area (Å²) in [5, 5.41) is 8.86. The van der Waals surface area contributed by atoms with Crippen LogP contribution >= 0.6 is 11.3 Å². The van der Waals surface area contributed by atoms with E-state index in [2.05, 4.69) is 10.2 Å². The van der Waals surface area contributed by atoms with E-state index in [4.69, 9.17) is 4.42 Å². The molecule has 3 heterocycles. The number of hydrogen-bond donors (Lipinski definition) is 0. The van der Waals surface area contributed by atoms with Crippen LogP contribution in [0.2, 0.25) is 0 Å². The first-order valence-corrected chi connectivity index (χ1v) is 9.65. The molecule has 6 heteroatoms. The van der Waals surface area contributed by atoms with E-state index in [1.165, 1.54) is 11.3 Å². The normalized spacial score (nSPS) is 16.4. The Morgan fingerprint density at radius 3 is 2.39 bits per heavy atom. The van der Waals surface area contributed by atoms with Crippen LogP contribution in [0.25, 0.3) is 6.08 Å². The molecule has 0 radical (unpaired) electrons. The Morgan fingerprint density at radius 1 is 0.929 bits per heavy atom. The van der Waals surface area contributed by atoms with Gasteiger partial charge in [-0.05, 0) is 17.7 Å². The molecule has 136 valence electrons. The average Bonchev–Trinajstić information content (AvgIpc) is 3.37. The van der Waals surface area contributed by atoms with Crippen LogP contribution < -0.4 is 14.9 Å². The average molecular weight is 385 g/mol. The van der Waals surface area contributed by atoms with Gasteiger partial charge in [0.15, 0.2) is 0 Å². The lowest BCUT2D eigenvalue weighted by molar-refractivity contribution is 0.556. The molecule has 0 aliphatic carbocycles. The molecule has 2 aromatic heterocycles. The van der Waals surface area contributed by atoms with E-state index < -0.39 is 0 Å². The molecule has 0 saturated heterocycles. The van der Waals surface area contributed by atoms with Crippen LogP contribution in [-0.4, -0.2) is 10.3 Å². The Bertz CT molecular complexity index is 1320. The van der Waals surface area contributed by atoms with Gasteiger partial charge in [0.25, 0.3) is 5.56 Å². The van der Waals surface area contributed by atoms with Crippen LogP contribution in [0.1, 0.15) is 22.9 Å². The number of furan rings is 1. The lowest BCUT2D eigenvalue weighted by Crippen LogP contribution is -2.40. The fourth-order valence-electron chi connectivity index (χ4n) is 3.33. The van der Waals surface area contributed by atoms with Crippen molar-refractivity contribution in [3.8, 4) is 0 Å². The minimum Gasteiger partial charge on any atom is -0.465 e. The molecule has 0 bridgehead atoms. The van der Waals surface area contributed by atoms with Gasteiger partial charge in [0.05, 0.1) is 16.5 Å². The molecule has 0 amide bonds. The molecule has 0 fully saturated rings. The minimum atomic E-state index is -0.335. The standard InChI is InChI=1S/C22H15N3O2S/c26-21-18(14-17-12-7-13-27-17)28-22-24-23-19(15-8-3-1-4-9-15)20(25(21)22)16-10-5-2-6-11-16/h1-14,20H/b18-14-. The summed E-state index contributed by atoms with van der Waals surface area (Å²) >= 11 is 1.32. The number of benzene rings is 2. The molecule has 28 heavy (non-hydrogen) atoms. The summed E-state index contributed by atoms with van der Waals surface area (Å²) < 4.78 is 7.67. The smallest absolute Gasteiger partial charge is 0.271 e. The van der Waals surface area contributed by atoms with E-state index in [1.54, 1.807) is 23.0 Å². The van der Waals surface area contributed by atoms with E-state index >= 15 is 0 Å². The molecule has 0 N–H and O–H groups in total. The van der Waals surface area contributed by atoms with Crippen LogP contribution in [0, 0.1) is 0 Å². The molecular weight excluding hydrogens is 370 g/mol. The molecule has 1 aliphatic rings. The Hall–Kier alpha value is -3.51. The Kier molecular flexibility index (Phi) is 4.10. The first-order chi connectivity index (χ1) is 13.8. The predicted molar refractivity (Wildman–Crippen MR) is 109 cm³/mol. The van der Waals surface area contributed by atoms with Gasteiger partial charge in [0, 0.05) is 11.6 Å². The SMILES string of the molecule is O=c1/c(=C/c2ccco2)sc2n1C(c1ccccc1)C(c1ccccc1)=NN=2. The maximum Gasteiger partial charge on any atom is 0.271 e. The highest BCUT2D eigenvalue weighted by molar-refractivity contribution is 7.07. The van der Waals surface area contributed by atoms with Gasteiger partial charge in [-0.2, -0.15) is 0 Å². The third kappa shape index (κ3) is 2.84. The predicted octanol–water partition coefficient (Wildman–Crippen LogP) is 2.96. The summed E-state index contributed by atoms with van der Waals surface area (Å²) in [6, 6.07) is 23.1. The molecular formula is C22H15N3O2S. The molecule has 4 aromatic rings. The second-order valence-electron chi connectivity index (χ2n) is 6.35. The van der Waals surface area contributed by atoms with E-state index in [1.807, 2.05) is 66.7 Å². The van der Waals surface area contributed by atoms with Crippen molar-refractivity contribution in [3.05, 3.63) is 116 Å². The zero-order chi connectivity index (χ0) is 18.9. The third-order valence-corrected chi connectivity index (χ3v) is 5.57. The first-order valence-electron chi connectivity index (χ1n) is 8.84. The van der Waals surface area contributed by atoms with Crippen LogP contribution in [0.15, 0.2) is 98.5 Å². The number of nitrogens with zero attached hydrogens (tertiary/aromatic N) is 3. The number of rotatable bonds is 3. The van der Waals surface area contributed by atoms with Crippen molar-refractivity contribution in [1.29, 1.82) is 0 Å². The summed E-state index contributed by atoms with van der Waals surface area (Å²) in [5.74, 6) is 0.636. The van der Waals surface area contributed by atoms with E-state index in [-0.39, 0.29) is 11.6 Å². The lowest BCUT2D eigenvalue weighted by atomic mass is 9.96. The van der Waals surface area contributed by atoms with E-state index in [9.17, 15) is 4.79 Å². The highest BCUT2D eigenvalue weighted by Gasteiger charge is 2.28. The number of hydrogen-bond acceptors (Lipinski definition) is 5. The number of fused-ring (bicyclic) bond motifs is 1. The maximum atomic E-state index is 13.3. The summed E-state index contributed by atoms with van der Waals surface area (Å²) in [7, 11) is 0. The fourth-order valence-corrected chi connectivity index (χ4v) is 4.25. The van der Waals surface area contributed by atoms with Crippen LogP contribution in [0.3, 0.4) is 0 Å². The summed E-state index contributed by atoms with van der Waals surface area (Å²) in [6.07, 6.45) is 3.34. The van der Waals surface area contributed by atoms with Gasteiger partial charge in [0.1, 0.15) is 11.8 Å². The van der Waals surface area contributed by atoms with Crippen molar-refractivity contribution in [2.24, 2.45) is 10.2 Å².